The van der Waals surface area contributed by atoms with Crippen molar-refractivity contribution in [2.75, 3.05) is 0 Å². The molecule has 52 valence electrons. The topological polar surface area (TPSA) is 26.3 Å². The lowest BCUT2D eigenvalue weighted by atomic mass is 10.5. The molecule has 0 atom stereocenters. The summed E-state index contributed by atoms with van der Waals surface area (Å²) < 4.78 is 32.9. The molecule has 0 aliphatic rings. The molecule has 0 unspecified atom stereocenters. The second-order valence-electron chi connectivity index (χ2n) is 1.09. The SMILES string of the molecule is O=C(/C=C/C(F)F)OF. The van der Waals surface area contributed by atoms with Gasteiger partial charge in [-0.05, 0) is 6.08 Å². The Morgan fingerprint density at radius 3 is 2.44 bits per heavy atom. The van der Waals surface area contributed by atoms with Crippen molar-refractivity contribution in [2.24, 2.45) is 0 Å². The highest BCUT2D eigenvalue weighted by molar-refractivity contribution is 5.81. The van der Waals surface area contributed by atoms with Crippen molar-refractivity contribution in [3.8, 4) is 0 Å². The summed E-state index contributed by atoms with van der Waals surface area (Å²) >= 11 is 0. The van der Waals surface area contributed by atoms with Gasteiger partial charge >= 0.3 is 5.97 Å². The summed E-state index contributed by atoms with van der Waals surface area (Å²) in [5.74, 6) is -1.43. The fraction of sp³-hybridized carbons (Fsp3) is 0.250. The first-order valence-corrected chi connectivity index (χ1v) is 1.95. The van der Waals surface area contributed by atoms with Gasteiger partial charge in [0, 0.05) is 10.6 Å². The van der Waals surface area contributed by atoms with Crippen LogP contribution < -0.4 is 0 Å². The van der Waals surface area contributed by atoms with Gasteiger partial charge in [0.05, 0.1) is 0 Å². The van der Waals surface area contributed by atoms with Crippen LogP contribution in [-0.2, 0) is 9.74 Å². The molecule has 0 saturated heterocycles. The van der Waals surface area contributed by atoms with Crippen LogP contribution in [0.5, 0.6) is 0 Å². The molecule has 0 radical (unpaired) electrons. The van der Waals surface area contributed by atoms with Crippen LogP contribution in [0.1, 0.15) is 0 Å². The summed E-state index contributed by atoms with van der Waals surface area (Å²) in [5.41, 5.74) is 0. The van der Waals surface area contributed by atoms with Crippen LogP contribution in [-0.4, -0.2) is 12.4 Å². The van der Waals surface area contributed by atoms with E-state index < -0.39 is 12.4 Å². The Labute approximate surface area is 48.8 Å². The third-order valence-corrected chi connectivity index (χ3v) is 0.454. The lowest BCUT2D eigenvalue weighted by molar-refractivity contribution is -0.176. The average Bonchev–Trinajstić information content (AvgIpc) is 1.83. The van der Waals surface area contributed by atoms with E-state index in [4.69, 9.17) is 0 Å². The number of carbonyl (C=O) groups is 1. The standard InChI is InChI=1S/C4H3F3O2/c5-3(6)1-2-4(8)9-7/h1-3H/b2-1+. The van der Waals surface area contributed by atoms with Crippen molar-refractivity contribution in [2.45, 2.75) is 6.43 Å². The van der Waals surface area contributed by atoms with Crippen LogP contribution in [0, 0.1) is 0 Å². The summed E-state index contributed by atoms with van der Waals surface area (Å²) in [6.45, 7) is 0. The zero-order chi connectivity index (χ0) is 7.28. The molecule has 0 aliphatic heterocycles. The molecule has 0 bridgehead atoms. The van der Waals surface area contributed by atoms with E-state index >= 15 is 0 Å². The highest BCUT2D eigenvalue weighted by Gasteiger charge is 1.98. The van der Waals surface area contributed by atoms with E-state index in [9.17, 15) is 18.1 Å². The Morgan fingerprint density at radius 1 is 1.56 bits per heavy atom. The van der Waals surface area contributed by atoms with Crippen LogP contribution in [0.2, 0.25) is 0 Å². The number of allylic oxidation sites excluding steroid dienone is 1. The van der Waals surface area contributed by atoms with E-state index in [0.29, 0.717) is 6.08 Å². The monoisotopic (exact) mass is 140 g/mol. The molecule has 0 spiro atoms. The summed E-state index contributed by atoms with van der Waals surface area (Å²) in [4.78, 5) is 12.2. The van der Waals surface area contributed by atoms with Gasteiger partial charge < -0.3 is 0 Å². The molecule has 0 heterocycles. The minimum atomic E-state index is -2.76. The van der Waals surface area contributed by atoms with Crippen molar-refractivity contribution >= 4 is 5.97 Å². The number of carbonyl (C=O) groups excluding carboxylic acids is 1. The van der Waals surface area contributed by atoms with Crippen LogP contribution in [0.25, 0.3) is 0 Å². The first kappa shape index (κ1) is 8.00. The van der Waals surface area contributed by atoms with E-state index in [1.807, 2.05) is 0 Å². The average molecular weight is 140 g/mol. The molecule has 0 aromatic carbocycles. The molecule has 0 aromatic heterocycles. The van der Waals surface area contributed by atoms with E-state index in [0.717, 1.165) is 0 Å². The van der Waals surface area contributed by atoms with Crippen molar-refractivity contribution < 1.29 is 23.0 Å². The molecule has 2 nitrogen and oxygen atoms in total. The van der Waals surface area contributed by atoms with E-state index in [-0.39, 0.29) is 6.08 Å². The maximum absolute atomic E-state index is 11.1. The van der Waals surface area contributed by atoms with Gasteiger partial charge in [-0.25, -0.2) is 13.6 Å². The minimum Gasteiger partial charge on any atom is -0.250 e. The predicted octanol–water partition coefficient (Wildman–Crippen LogP) is 1.24. The van der Waals surface area contributed by atoms with Gasteiger partial charge in [0.15, 0.2) is 0 Å². The zero-order valence-electron chi connectivity index (χ0n) is 4.18. The maximum Gasteiger partial charge on any atom is 0.372 e. The second-order valence-corrected chi connectivity index (χ2v) is 1.09. The number of alkyl halides is 2. The Morgan fingerprint density at radius 2 is 2.11 bits per heavy atom. The van der Waals surface area contributed by atoms with Gasteiger partial charge in [-0.1, -0.05) is 0 Å². The van der Waals surface area contributed by atoms with Gasteiger partial charge in [0.2, 0.25) is 0 Å². The lowest BCUT2D eigenvalue weighted by Gasteiger charge is -1.83. The molecule has 0 aromatic rings. The molecule has 0 amide bonds. The zero-order valence-corrected chi connectivity index (χ0v) is 4.18. The van der Waals surface area contributed by atoms with Crippen molar-refractivity contribution in [3.05, 3.63) is 12.2 Å². The van der Waals surface area contributed by atoms with Gasteiger partial charge in [-0.3, -0.25) is 4.94 Å². The fourth-order valence-electron chi connectivity index (χ4n) is 0.177. The third kappa shape index (κ3) is 4.86. The Bertz CT molecular complexity index is 121. The molecular formula is C4H3F3O2. The van der Waals surface area contributed by atoms with Gasteiger partial charge in [-0.2, -0.15) is 0 Å². The third-order valence-electron chi connectivity index (χ3n) is 0.454. The summed E-state index contributed by atoms with van der Waals surface area (Å²) in [7, 11) is 0. The fourth-order valence-corrected chi connectivity index (χ4v) is 0.177. The molecule has 0 fully saturated rings. The predicted molar refractivity (Wildman–Crippen MR) is 22.3 cm³/mol. The van der Waals surface area contributed by atoms with Crippen molar-refractivity contribution in [3.63, 3.8) is 0 Å². The van der Waals surface area contributed by atoms with Crippen molar-refractivity contribution in [1.29, 1.82) is 0 Å². The van der Waals surface area contributed by atoms with Gasteiger partial charge in [-0.15, -0.1) is 0 Å². The minimum absolute atomic E-state index is 0.224. The number of hydrogen-bond donors (Lipinski definition) is 0. The first-order valence-electron chi connectivity index (χ1n) is 1.95. The van der Waals surface area contributed by atoms with Crippen LogP contribution >= 0.6 is 0 Å². The maximum atomic E-state index is 11.1. The van der Waals surface area contributed by atoms with E-state index in [2.05, 4.69) is 4.94 Å². The lowest BCUT2D eigenvalue weighted by Crippen LogP contribution is -1.92. The quantitative estimate of drug-likeness (QED) is 0.539. The van der Waals surface area contributed by atoms with E-state index in [1.165, 1.54) is 0 Å². The summed E-state index contributed by atoms with van der Waals surface area (Å²) in [6.07, 6.45) is -2.23. The van der Waals surface area contributed by atoms with Crippen LogP contribution in [0.4, 0.5) is 13.3 Å². The molecule has 0 saturated carbocycles. The highest BCUT2D eigenvalue weighted by atomic mass is 19.3. The molecule has 5 heteroatoms. The number of halogens is 3. The van der Waals surface area contributed by atoms with Crippen LogP contribution in [0.3, 0.4) is 0 Å². The Kier molecular flexibility index (Phi) is 3.50. The largest absolute Gasteiger partial charge is 0.372 e. The molecule has 0 aliphatic carbocycles. The first-order chi connectivity index (χ1) is 4.16. The Hall–Kier alpha value is -1.00. The highest BCUT2D eigenvalue weighted by Crippen LogP contribution is 1.93. The molecular weight excluding hydrogens is 137 g/mol. The second kappa shape index (κ2) is 3.94. The normalized spacial score (nSPS) is 10.7. The smallest absolute Gasteiger partial charge is 0.250 e. The number of hydrogen-bond acceptors (Lipinski definition) is 2. The van der Waals surface area contributed by atoms with E-state index in [1.54, 1.807) is 0 Å². The molecule has 0 N–H and O–H groups in total. The van der Waals surface area contributed by atoms with Gasteiger partial charge in [0.25, 0.3) is 6.43 Å². The van der Waals surface area contributed by atoms with Gasteiger partial charge in [0.1, 0.15) is 0 Å². The van der Waals surface area contributed by atoms with Crippen LogP contribution in [0.15, 0.2) is 12.2 Å². The van der Waals surface area contributed by atoms with Crippen molar-refractivity contribution in [1.82, 2.24) is 0 Å². The summed E-state index contributed by atoms with van der Waals surface area (Å²) in [5, 5.41) is 0. The summed E-state index contributed by atoms with van der Waals surface area (Å²) in [6, 6.07) is 0. The Balaban J connectivity index is 3.57. The molecule has 9 heavy (non-hydrogen) atoms. The molecule has 0 rings (SSSR count). The number of rotatable bonds is 2.